The molecule has 2 aromatic rings. The van der Waals surface area contributed by atoms with Crippen molar-refractivity contribution in [1.82, 2.24) is 24.1 Å². The zero-order chi connectivity index (χ0) is 16.9. The first-order chi connectivity index (χ1) is 11.7. The van der Waals surface area contributed by atoms with Gasteiger partial charge in [0, 0.05) is 33.2 Å². The van der Waals surface area contributed by atoms with Crippen LogP contribution in [0.2, 0.25) is 0 Å². The van der Waals surface area contributed by atoms with Gasteiger partial charge in [0.05, 0.1) is 6.67 Å². The maximum atomic E-state index is 9.32. The van der Waals surface area contributed by atoms with Gasteiger partial charge in [-0.2, -0.15) is 5.10 Å². The van der Waals surface area contributed by atoms with Crippen LogP contribution in [0.25, 0.3) is 0 Å². The van der Waals surface area contributed by atoms with Crippen LogP contribution >= 0.6 is 12.2 Å². The van der Waals surface area contributed by atoms with Gasteiger partial charge >= 0.3 is 0 Å². The average molecular weight is 347 g/mol. The Hall–Kier alpha value is -1.54. The van der Waals surface area contributed by atoms with E-state index in [9.17, 15) is 5.11 Å². The van der Waals surface area contributed by atoms with E-state index in [4.69, 9.17) is 12.2 Å². The number of hydrogen-bond donors (Lipinski definition) is 1. The minimum atomic E-state index is -0.0853. The highest BCUT2D eigenvalue weighted by Crippen LogP contribution is 2.10. The van der Waals surface area contributed by atoms with Gasteiger partial charge in [-0.25, -0.2) is 4.68 Å². The van der Waals surface area contributed by atoms with Crippen molar-refractivity contribution >= 4 is 12.2 Å². The summed E-state index contributed by atoms with van der Waals surface area (Å²) in [5.74, 6) is 0.612. The highest BCUT2D eigenvalue weighted by Gasteiger charge is 2.16. The van der Waals surface area contributed by atoms with Crippen molar-refractivity contribution in [1.29, 1.82) is 0 Å². The Balaban J connectivity index is 1.59. The number of aliphatic hydroxyl groups is 1. The molecule has 1 aromatic carbocycles. The molecule has 0 bridgehead atoms. The van der Waals surface area contributed by atoms with E-state index in [0.717, 1.165) is 39.1 Å². The molecule has 6 nitrogen and oxygen atoms in total. The van der Waals surface area contributed by atoms with Gasteiger partial charge in [-0.3, -0.25) is 9.80 Å². The Bertz CT molecular complexity index is 712. The summed E-state index contributed by atoms with van der Waals surface area (Å²) in [5, 5.41) is 13.7. The lowest BCUT2D eigenvalue weighted by Crippen LogP contribution is -2.32. The fourth-order valence-corrected chi connectivity index (χ4v) is 3.32. The lowest BCUT2D eigenvalue weighted by molar-refractivity contribution is 0.202. The van der Waals surface area contributed by atoms with Crippen LogP contribution in [0.5, 0.6) is 0 Å². The Morgan fingerprint density at radius 3 is 2.50 bits per heavy atom. The maximum Gasteiger partial charge on any atom is 0.198 e. The van der Waals surface area contributed by atoms with E-state index in [1.54, 1.807) is 4.57 Å². The second-order valence-corrected chi connectivity index (χ2v) is 6.66. The van der Waals surface area contributed by atoms with Crippen molar-refractivity contribution < 1.29 is 5.11 Å². The molecule has 2 heterocycles. The number of hydrogen-bond acceptors (Lipinski definition) is 5. The third-order valence-electron chi connectivity index (χ3n) is 4.54. The molecule has 1 aliphatic rings. The first kappa shape index (κ1) is 17.3. The van der Waals surface area contributed by atoms with Gasteiger partial charge in [0.15, 0.2) is 10.6 Å². The van der Waals surface area contributed by atoms with Gasteiger partial charge in [0.25, 0.3) is 0 Å². The highest BCUT2D eigenvalue weighted by molar-refractivity contribution is 7.71. The second-order valence-electron chi connectivity index (χ2n) is 6.29. The second kappa shape index (κ2) is 8.02. The molecule has 0 spiro atoms. The van der Waals surface area contributed by atoms with Crippen molar-refractivity contribution in [3.63, 3.8) is 0 Å². The largest absolute Gasteiger partial charge is 0.388 e. The lowest BCUT2D eigenvalue weighted by atomic mass is 10.2. The fraction of sp³-hybridized carbons (Fsp3) is 0.529. The van der Waals surface area contributed by atoms with E-state index in [1.165, 1.54) is 5.56 Å². The van der Waals surface area contributed by atoms with E-state index >= 15 is 0 Å². The standard InChI is InChI=1S/C17H25N5OS/c1-19-16(13-23)18-22(17(19)24)14-21-9-5-8-20(10-11-21)12-15-6-3-2-4-7-15/h2-4,6-7,23H,5,8-14H2,1H3. The predicted molar refractivity (Wildman–Crippen MR) is 95.9 cm³/mol. The fourth-order valence-electron chi connectivity index (χ4n) is 3.12. The van der Waals surface area contributed by atoms with Crippen LogP contribution in [0.15, 0.2) is 30.3 Å². The van der Waals surface area contributed by atoms with Crippen molar-refractivity contribution in [2.24, 2.45) is 7.05 Å². The summed E-state index contributed by atoms with van der Waals surface area (Å²) >= 11 is 5.41. The highest BCUT2D eigenvalue weighted by atomic mass is 32.1. The zero-order valence-corrected chi connectivity index (χ0v) is 15.0. The van der Waals surface area contributed by atoms with Crippen LogP contribution in [-0.2, 0) is 26.9 Å². The number of rotatable bonds is 5. The summed E-state index contributed by atoms with van der Waals surface area (Å²) in [6.45, 7) is 5.80. The van der Waals surface area contributed by atoms with Gasteiger partial charge in [-0.05, 0) is 30.7 Å². The van der Waals surface area contributed by atoms with Gasteiger partial charge in [-0.1, -0.05) is 30.3 Å². The van der Waals surface area contributed by atoms with Crippen LogP contribution in [0.1, 0.15) is 17.8 Å². The van der Waals surface area contributed by atoms with Crippen molar-refractivity contribution in [3.8, 4) is 0 Å². The summed E-state index contributed by atoms with van der Waals surface area (Å²) in [7, 11) is 1.85. The van der Waals surface area contributed by atoms with E-state index in [1.807, 2.05) is 11.7 Å². The van der Waals surface area contributed by atoms with Crippen molar-refractivity contribution in [2.45, 2.75) is 26.2 Å². The van der Waals surface area contributed by atoms with E-state index in [2.05, 4.69) is 45.2 Å². The lowest BCUT2D eigenvalue weighted by Gasteiger charge is -2.21. The van der Waals surface area contributed by atoms with E-state index in [0.29, 0.717) is 17.3 Å². The normalized spacial score (nSPS) is 17.1. The Labute approximate surface area is 147 Å². The molecule has 1 N–H and O–H groups in total. The first-order valence-electron chi connectivity index (χ1n) is 8.39. The molecule has 24 heavy (non-hydrogen) atoms. The van der Waals surface area contributed by atoms with Crippen LogP contribution in [0.4, 0.5) is 0 Å². The molecule has 1 saturated heterocycles. The number of aromatic nitrogens is 3. The molecular weight excluding hydrogens is 322 g/mol. The first-order valence-corrected chi connectivity index (χ1v) is 8.80. The smallest absolute Gasteiger partial charge is 0.198 e. The minimum Gasteiger partial charge on any atom is -0.388 e. The molecule has 0 atom stereocenters. The van der Waals surface area contributed by atoms with Crippen LogP contribution in [-0.4, -0.2) is 55.4 Å². The summed E-state index contributed by atoms with van der Waals surface area (Å²) in [4.78, 5) is 4.89. The molecule has 130 valence electrons. The van der Waals surface area contributed by atoms with Gasteiger partial charge in [-0.15, -0.1) is 0 Å². The molecule has 0 saturated carbocycles. The molecular formula is C17H25N5OS. The molecule has 3 rings (SSSR count). The number of aliphatic hydroxyl groups excluding tert-OH is 1. The molecule has 0 aliphatic carbocycles. The Morgan fingerprint density at radius 2 is 1.79 bits per heavy atom. The van der Waals surface area contributed by atoms with Crippen molar-refractivity contribution in [3.05, 3.63) is 46.5 Å². The number of benzene rings is 1. The van der Waals surface area contributed by atoms with Crippen LogP contribution in [0.3, 0.4) is 0 Å². The SMILES string of the molecule is Cn1c(CO)nn(CN2CCCN(Cc3ccccc3)CC2)c1=S. The van der Waals surface area contributed by atoms with Gasteiger partial charge < -0.3 is 9.67 Å². The van der Waals surface area contributed by atoms with Gasteiger partial charge in [0.2, 0.25) is 0 Å². The summed E-state index contributed by atoms with van der Waals surface area (Å²) in [6.07, 6.45) is 1.14. The van der Waals surface area contributed by atoms with E-state index in [-0.39, 0.29) is 6.61 Å². The molecule has 0 amide bonds. The third kappa shape index (κ3) is 4.10. The van der Waals surface area contributed by atoms with E-state index < -0.39 is 0 Å². The van der Waals surface area contributed by atoms with Crippen LogP contribution < -0.4 is 0 Å². The monoisotopic (exact) mass is 347 g/mol. The molecule has 7 heteroatoms. The Kier molecular flexibility index (Phi) is 5.78. The van der Waals surface area contributed by atoms with Gasteiger partial charge in [0.1, 0.15) is 6.61 Å². The predicted octanol–water partition coefficient (Wildman–Crippen LogP) is 1.61. The minimum absolute atomic E-state index is 0.0853. The molecule has 0 radical (unpaired) electrons. The summed E-state index contributed by atoms with van der Waals surface area (Å²) in [6, 6.07) is 10.6. The summed E-state index contributed by atoms with van der Waals surface area (Å²) in [5.41, 5.74) is 1.37. The maximum absolute atomic E-state index is 9.32. The Morgan fingerprint density at radius 1 is 1.08 bits per heavy atom. The molecule has 1 aromatic heterocycles. The molecule has 0 unspecified atom stereocenters. The summed E-state index contributed by atoms with van der Waals surface area (Å²) < 4.78 is 4.24. The molecule has 1 aliphatic heterocycles. The van der Waals surface area contributed by atoms with Crippen LogP contribution in [0, 0.1) is 4.77 Å². The molecule has 1 fully saturated rings. The third-order valence-corrected chi connectivity index (χ3v) is 5.02. The number of nitrogens with zero attached hydrogens (tertiary/aromatic N) is 5. The topological polar surface area (TPSA) is 49.5 Å². The average Bonchev–Trinajstić information content (AvgIpc) is 2.76. The quantitative estimate of drug-likeness (QED) is 0.833. The zero-order valence-electron chi connectivity index (χ0n) is 14.1. The van der Waals surface area contributed by atoms with Crippen molar-refractivity contribution in [2.75, 3.05) is 26.2 Å².